The van der Waals surface area contributed by atoms with E-state index >= 15 is 0 Å². The van der Waals surface area contributed by atoms with E-state index in [4.69, 9.17) is 16.3 Å². The van der Waals surface area contributed by atoms with Crippen molar-refractivity contribution in [1.82, 2.24) is 5.32 Å². The Balaban J connectivity index is 1.77. The smallest absolute Gasteiger partial charge is 0.286 e. The average molecular weight is 387 g/mol. The zero-order chi connectivity index (χ0) is 18.5. The van der Waals surface area contributed by atoms with E-state index in [1.165, 1.54) is 6.92 Å². The number of benzene rings is 2. The summed E-state index contributed by atoms with van der Waals surface area (Å²) in [6.07, 6.45) is 1.70. The lowest BCUT2D eigenvalue weighted by atomic mass is 10.2. The van der Waals surface area contributed by atoms with Crippen LogP contribution in [-0.4, -0.2) is 17.0 Å². The highest BCUT2D eigenvalue weighted by atomic mass is 35.5. The van der Waals surface area contributed by atoms with Gasteiger partial charge in [0.1, 0.15) is 12.4 Å². The van der Waals surface area contributed by atoms with Crippen LogP contribution in [0, 0.1) is 0 Å². The van der Waals surface area contributed by atoms with Gasteiger partial charge in [-0.05, 0) is 30.0 Å². The van der Waals surface area contributed by atoms with Crippen molar-refractivity contribution in [3.63, 3.8) is 0 Å². The summed E-state index contributed by atoms with van der Waals surface area (Å²) in [6, 6.07) is 14.8. The van der Waals surface area contributed by atoms with Crippen molar-refractivity contribution in [1.29, 1.82) is 0 Å². The van der Waals surface area contributed by atoms with Gasteiger partial charge in [0.15, 0.2) is 5.17 Å². The Hall–Kier alpha value is -2.57. The Morgan fingerprint density at radius 1 is 1.23 bits per heavy atom. The molecule has 2 amide bonds. The van der Waals surface area contributed by atoms with Crippen LogP contribution < -0.4 is 10.1 Å². The number of para-hydroxylation sites is 1. The summed E-state index contributed by atoms with van der Waals surface area (Å²) in [6.45, 7) is 1.68. The van der Waals surface area contributed by atoms with Gasteiger partial charge in [0.05, 0.1) is 4.91 Å². The standard InChI is InChI=1S/C19H15ClN2O3S/c1-12(23)21-19-22-18(24)17(26-19)10-13-6-3-5-9-16(13)25-11-14-7-2-4-8-15(14)20/h2-10H,11H2,1H3,(H,21,22,23,24)/b17-10-. The van der Waals surface area contributed by atoms with Crippen molar-refractivity contribution >= 4 is 46.4 Å². The largest absolute Gasteiger partial charge is 0.488 e. The number of nitrogens with zero attached hydrogens (tertiary/aromatic N) is 1. The first-order chi connectivity index (χ1) is 12.5. The van der Waals surface area contributed by atoms with Gasteiger partial charge in [-0.2, -0.15) is 4.99 Å². The number of carbonyl (C=O) groups is 2. The summed E-state index contributed by atoms with van der Waals surface area (Å²) >= 11 is 7.28. The molecule has 1 aliphatic heterocycles. The predicted octanol–water partition coefficient (Wildman–Crippen LogP) is 4.03. The van der Waals surface area contributed by atoms with Gasteiger partial charge < -0.3 is 10.1 Å². The third-order valence-electron chi connectivity index (χ3n) is 3.45. The molecule has 1 heterocycles. The summed E-state index contributed by atoms with van der Waals surface area (Å²) in [5.41, 5.74) is 1.62. The molecule has 7 heteroatoms. The fourth-order valence-corrected chi connectivity index (χ4v) is 3.30. The number of aliphatic imine (C=N–C) groups is 1. The zero-order valence-electron chi connectivity index (χ0n) is 13.9. The predicted molar refractivity (Wildman–Crippen MR) is 104 cm³/mol. The minimum atomic E-state index is -0.389. The number of amides is 2. The quantitative estimate of drug-likeness (QED) is 0.805. The first-order valence-electron chi connectivity index (χ1n) is 7.78. The molecule has 0 fully saturated rings. The molecule has 0 spiro atoms. The SMILES string of the molecule is CC(=O)NC1=NC(=O)/C(=C/c2ccccc2OCc2ccccc2Cl)S1. The maximum Gasteiger partial charge on any atom is 0.286 e. The van der Waals surface area contributed by atoms with E-state index in [-0.39, 0.29) is 17.0 Å². The molecule has 5 nitrogen and oxygen atoms in total. The number of halogens is 1. The van der Waals surface area contributed by atoms with Crippen LogP contribution in [0.2, 0.25) is 5.02 Å². The Bertz CT molecular complexity index is 925. The number of carbonyl (C=O) groups excluding carboxylic acids is 2. The summed E-state index contributed by atoms with van der Waals surface area (Å²) in [5, 5.41) is 3.44. The molecule has 0 radical (unpaired) electrons. The van der Waals surface area contributed by atoms with Crippen molar-refractivity contribution in [2.24, 2.45) is 4.99 Å². The normalized spacial score (nSPS) is 15.1. The minimum absolute atomic E-state index is 0.270. The minimum Gasteiger partial charge on any atom is -0.488 e. The number of amidine groups is 1. The Morgan fingerprint density at radius 3 is 2.73 bits per heavy atom. The van der Waals surface area contributed by atoms with Gasteiger partial charge >= 0.3 is 0 Å². The van der Waals surface area contributed by atoms with Crippen LogP contribution in [-0.2, 0) is 16.2 Å². The summed E-state index contributed by atoms with van der Waals surface area (Å²) in [4.78, 5) is 27.4. The third-order valence-corrected chi connectivity index (χ3v) is 4.72. The molecule has 0 saturated heterocycles. The van der Waals surface area contributed by atoms with Crippen LogP contribution in [0.4, 0.5) is 0 Å². The molecule has 1 aliphatic rings. The molecule has 2 aromatic rings. The second-order valence-corrected chi connectivity index (χ2v) is 6.87. The Kier molecular flexibility index (Phi) is 5.75. The summed E-state index contributed by atoms with van der Waals surface area (Å²) in [7, 11) is 0. The molecule has 0 bridgehead atoms. The maximum absolute atomic E-state index is 12.0. The highest BCUT2D eigenvalue weighted by Crippen LogP contribution is 2.31. The van der Waals surface area contributed by atoms with Gasteiger partial charge in [-0.1, -0.05) is 48.0 Å². The van der Waals surface area contributed by atoms with Gasteiger partial charge in [0.2, 0.25) is 5.91 Å². The lowest BCUT2D eigenvalue weighted by Gasteiger charge is -2.10. The Morgan fingerprint density at radius 2 is 1.96 bits per heavy atom. The van der Waals surface area contributed by atoms with Crippen molar-refractivity contribution in [2.75, 3.05) is 0 Å². The molecule has 0 saturated carbocycles. The van der Waals surface area contributed by atoms with Crippen LogP contribution in [0.5, 0.6) is 5.75 Å². The molecule has 132 valence electrons. The number of thioether (sulfide) groups is 1. The summed E-state index contributed by atoms with van der Waals surface area (Å²) in [5.74, 6) is -0.0327. The average Bonchev–Trinajstić information content (AvgIpc) is 2.93. The fourth-order valence-electron chi connectivity index (χ4n) is 2.26. The maximum atomic E-state index is 12.0. The number of hydrogen-bond acceptors (Lipinski definition) is 4. The fraction of sp³-hybridized carbons (Fsp3) is 0.105. The molecule has 0 unspecified atom stereocenters. The zero-order valence-corrected chi connectivity index (χ0v) is 15.4. The highest BCUT2D eigenvalue weighted by molar-refractivity contribution is 8.18. The molecule has 0 atom stereocenters. The van der Waals surface area contributed by atoms with Crippen LogP contribution in [0.15, 0.2) is 58.4 Å². The van der Waals surface area contributed by atoms with Crippen molar-refractivity contribution in [2.45, 2.75) is 13.5 Å². The molecule has 0 aromatic heterocycles. The van der Waals surface area contributed by atoms with Crippen molar-refractivity contribution in [3.8, 4) is 5.75 Å². The molecule has 26 heavy (non-hydrogen) atoms. The third kappa shape index (κ3) is 4.53. The highest BCUT2D eigenvalue weighted by Gasteiger charge is 2.23. The summed E-state index contributed by atoms with van der Waals surface area (Å²) < 4.78 is 5.88. The van der Waals surface area contributed by atoms with E-state index in [0.717, 1.165) is 22.9 Å². The van der Waals surface area contributed by atoms with Crippen molar-refractivity contribution in [3.05, 3.63) is 69.6 Å². The monoisotopic (exact) mass is 386 g/mol. The number of ether oxygens (including phenoxy) is 1. The van der Waals surface area contributed by atoms with Gasteiger partial charge in [0.25, 0.3) is 5.91 Å². The topological polar surface area (TPSA) is 67.8 Å². The number of hydrogen-bond donors (Lipinski definition) is 1. The van der Waals surface area contributed by atoms with Crippen LogP contribution in [0.1, 0.15) is 18.1 Å². The van der Waals surface area contributed by atoms with E-state index in [0.29, 0.717) is 22.3 Å². The first-order valence-corrected chi connectivity index (χ1v) is 8.98. The van der Waals surface area contributed by atoms with Gasteiger partial charge in [0, 0.05) is 23.1 Å². The first kappa shape index (κ1) is 18.2. The van der Waals surface area contributed by atoms with Crippen LogP contribution >= 0.6 is 23.4 Å². The molecule has 2 aromatic carbocycles. The lowest BCUT2D eigenvalue weighted by Crippen LogP contribution is -2.23. The van der Waals surface area contributed by atoms with Crippen LogP contribution in [0.3, 0.4) is 0 Å². The van der Waals surface area contributed by atoms with E-state index in [9.17, 15) is 9.59 Å². The second kappa shape index (κ2) is 8.21. The lowest BCUT2D eigenvalue weighted by molar-refractivity contribution is -0.117. The number of rotatable bonds is 4. The Labute approximate surface area is 160 Å². The van der Waals surface area contributed by atoms with Gasteiger partial charge in [-0.3, -0.25) is 9.59 Å². The molecular formula is C19H15ClN2O3S. The second-order valence-electron chi connectivity index (χ2n) is 5.43. The molecule has 1 N–H and O–H groups in total. The van der Waals surface area contributed by atoms with Gasteiger partial charge in [-0.15, -0.1) is 0 Å². The molecule has 0 aliphatic carbocycles. The molecule has 3 rings (SSSR count). The van der Waals surface area contributed by atoms with Gasteiger partial charge in [-0.25, -0.2) is 0 Å². The van der Waals surface area contributed by atoms with E-state index in [1.54, 1.807) is 6.08 Å². The van der Waals surface area contributed by atoms with E-state index in [1.807, 2.05) is 48.5 Å². The van der Waals surface area contributed by atoms with Crippen LogP contribution in [0.25, 0.3) is 6.08 Å². The van der Waals surface area contributed by atoms with E-state index < -0.39 is 0 Å². The van der Waals surface area contributed by atoms with E-state index in [2.05, 4.69) is 10.3 Å². The molecular weight excluding hydrogens is 372 g/mol. The number of nitrogens with one attached hydrogen (secondary N) is 1. The van der Waals surface area contributed by atoms with Crippen molar-refractivity contribution < 1.29 is 14.3 Å².